The van der Waals surface area contributed by atoms with Crippen LogP contribution in [0.4, 0.5) is 0 Å². The zero-order valence-corrected chi connectivity index (χ0v) is 15.3. The molecule has 3 fully saturated rings. The fraction of sp³-hybridized carbons (Fsp3) is 0.810. The van der Waals surface area contributed by atoms with Crippen molar-refractivity contribution >= 4 is 11.8 Å². The van der Waals surface area contributed by atoms with Crippen LogP contribution in [0, 0.1) is 34.5 Å². The lowest BCUT2D eigenvalue weighted by molar-refractivity contribution is -0.140. The van der Waals surface area contributed by atoms with Gasteiger partial charge in [0, 0.05) is 12.8 Å². The predicted octanol–water partition coefficient (Wildman–Crippen LogP) is 3.58. The van der Waals surface area contributed by atoms with Gasteiger partial charge in [-0.2, -0.15) is 0 Å². The van der Waals surface area contributed by atoms with Crippen LogP contribution >= 0.6 is 0 Å². The molecule has 2 N–H and O–H groups in total. The van der Waals surface area contributed by atoms with Gasteiger partial charge >= 0.3 is 5.97 Å². The minimum absolute atomic E-state index is 0.0876. The monoisotopic (exact) mass is 346 g/mol. The average molecular weight is 346 g/mol. The zero-order chi connectivity index (χ0) is 18.0. The fourth-order valence-corrected chi connectivity index (χ4v) is 7.25. The van der Waals surface area contributed by atoms with Gasteiger partial charge in [0.1, 0.15) is 0 Å². The summed E-state index contributed by atoms with van der Waals surface area (Å²) in [5.74, 6) is 0.926. The molecule has 7 atom stereocenters. The standard InChI is InChI=1S/C21H30O4/c1-20-7-5-14(22)11-13(20)3-4-15-16(20)6-8-21(2)17(23)9-12(19(15)21)10-18(24)25/h11-12,15-17,19,23H,3-10H2,1-2H3,(H,24,25)/t12?,15-,16+,17+,19+,20+,21-/m1/s1. The van der Waals surface area contributed by atoms with Crippen molar-refractivity contribution < 1.29 is 19.8 Å². The number of rotatable bonds is 2. The number of aliphatic hydroxyl groups excluding tert-OH is 1. The highest BCUT2D eigenvalue weighted by Gasteiger charge is 2.61. The molecule has 0 bridgehead atoms. The summed E-state index contributed by atoms with van der Waals surface area (Å²) in [5.41, 5.74) is 1.30. The van der Waals surface area contributed by atoms with Crippen LogP contribution < -0.4 is 0 Å². The lowest BCUT2D eigenvalue weighted by atomic mass is 9.46. The summed E-state index contributed by atoms with van der Waals surface area (Å²) < 4.78 is 0. The normalized spacial score (nSPS) is 49.0. The summed E-state index contributed by atoms with van der Waals surface area (Å²) >= 11 is 0. The molecule has 0 saturated heterocycles. The number of aliphatic hydroxyl groups is 1. The van der Waals surface area contributed by atoms with Gasteiger partial charge in [-0.25, -0.2) is 0 Å². The van der Waals surface area contributed by atoms with E-state index in [0.717, 1.165) is 32.1 Å². The summed E-state index contributed by atoms with van der Waals surface area (Å²) in [5, 5.41) is 20.1. The van der Waals surface area contributed by atoms with Gasteiger partial charge in [0.15, 0.2) is 5.78 Å². The Hall–Kier alpha value is -1.16. The third kappa shape index (κ3) is 2.43. The Morgan fingerprint density at radius 1 is 1.24 bits per heavy atom. The Morgan fingerprint density at radius 3 is 2.72 bits per heavy atom. The van der Waals surface area contributed by atoms with E-state index in [1.807, 2.05) is 6.08 Å². The van der Waals surface area contributed by atoms with Crippen molar-refractivity contribution in [3.8, 4) is 0 Å². The van der Waals surface area contributed by atoms with Crippen molar-refractivity contribution in [2.24, 2.45) is 34.5 Å². The first-order valence-electron chi connectivity index (χ1n) is 9.89. The van der Waals surface area contributed by atoms with E-state index >= 15 is 0 Å². The van der Waals surface area contributed by atoms with Crippen LogP contribution in [0.15, 0.2) is 11.6 Å². The molecule has 3 saturated carbocycles. The van der Waals surface area contributed by atoms with Crippen molar-refractivity contribution in [2.45, 2.75) is 71.3 Å². The van der Waals surface area contributed by atoms with Crippen LogP contribution in [0.3, 0.4) is 0 Å². The van der Waals surface area contributed by atoms with Crippen LogP contribution in [-0.4, -0.2) is 28.1 Å². The van der Waals surface area contributed by atoms with Gasteiger partial charge in [0.05, 0.1) is 6.10 Å². The lowest BCUT2D eigenvalue weighted by Crippen LogP contribution is -2.52. The van der Waals surface area contributed by atoms with Crippen LogP contribution in [0.2, 0.25) is 0 Å². The molecule has 0 aliphatic heterocycles. The first-order valence-corrected chi connectivity index (χ1v) is 9.89. The van der Waals surface area contributed by atoms with Crippen molar-refractivity contribution in [3.63, 3.8) is 0 Å². The number of carbonyl (C=O) groups is 2. The number of hydrogen-bond acceptors (Lipinski definition) is 3. The first kappa shape index (κ1) is 17.3. The molecule has 1 unspecified atom stereocenters. The molecule has 0 aromatic heterocycles. The number of hydrogen-bond donors (Lipinski definition) is 2. The molecule has 0 amide bonds. The topological polar surface area (TPSA) is 74.6 Å². The number of aliphatic carboxylic acids is 1. The van der Waals surface area contributed by atoms with E-state index in [4.69, 9.17) is 0 Å². The highest BCUT2D eigenvalue weighted by Crippen LogP contribution is 2.66. The molecular formula is C21H30O4. The quantitative estimate of drug-likeness (QED) is 0.801. The van der Waals surface area contributed by atoms with Gasteiger partial charge in [-0.3, -0.25) is 9.59 Å². The molecular weight excluding hydrogens is 316 g/mol. The highest BCUT2D eigenvalue weighted by atomic mass is 16.4. The Bertz CT molecular complexity index is 638. The van der Waals surface area contributed by atoms with Gasteiger partial charge in [-0.15, -0.1) is 0 Å². The van der Waals surface area contributed by atoms with Crippen molar-refractivity contribution in [2.75, 3.05) is 0 Å². The number of carboxylic acids is 1. The van der Waals surface area contributed by atoms with E-state index in [1.54, 1.807) is 0 Å². The van der Waals surface area contributed by atoms with Gasteiger partial charge in [0.2, 0.25) is 0 Å². The molecule has 4 nitrogen and oxygen atoms in total. The van der Waals surface area contributed by atoms with Gasteiger partial charge in [-0.1, -0.05) is 19.4 Å². The first-order chi connectivity index (χ1) is 11.8. The second-order valence-electron chi connectivity index (χ2n) is 9.54. The molecule has 4 heteroatoms. The Morgan fingerprint density at radius 2 is 2.00 bits per heavy atom. The minimum atomic E-state index is -0.741. The predicted molar refractivity (Wildman–Crippen MR) is 93.8 cm³/mol. The Labute approximate surface area is 149 Å². The van der Waals surface area contributed by atoms with Crippen molar-refractivity contribution in [1.29, 1.82) is 0 Å². The maximum absolute atomic E-state index is 11.9. The van der Waals surface area contributed by atoms with E-state index in [2.05, 4.69) is 13.8 Å². The third-order valence-electron chi connectivity index (χ3n) is 8.49. The summed E-state index contributed by atoms with van der Waals surface area (Å²) in [6.07, 6.45) is 8.01. The summed E-state index contributed by atoms with van der Waals surface area (Å²) in [6, 6.07) is 0. The molecule has 4 rings (SSSR count). The van der Waals surface area contributed by atoms with Crippen molar-refractivity contribution in [1.82, 2.24) is 0 Å². The fourth-order valence-electron chi connectivity index (χ4n) is 7.25. The maximum atomic E-state index is 11.9. The lowest BCUT2D eigenvalue weighted by Gasteiger charge is -2.58. The van der Waals surface area contributed by atoms with Crippen molar-refractivity contribution in [3.05, 3.63) is 11.6 Å². The summed E-state index contributed by atoms with van der Waals surface area (Å²) in [4.78, 5) is 23.3. The average Bonchev–Trinajstić information content (AvgIpc) is 2.78. The van der Waals surface area contributed by atoms with Crippen LogP contribution in [-0.2, 0) is 9.59 Å². The highest BCUT2D eigenvalue weighted by molar-refractivity contribution is 5.91. The van der Waals surface area contributed by atoms with Crippen LogP contribution in [0.5, 0.6) is 0 Å². The van der Waals surface area contributed by atoms with Gasteiger partial charge in [-0.05, 0) is 79.1 Å². The zero-order valence-electron chi connectivity index (χ0n) is 15.3. The molecule has 138 valence electrons. The second kappa shape index (κ2) is 5.67. The van der Waals surface area contributed by atoms with E-state index in [9.17, 15) is 19.8 Å². The number of ketones is 1. The smallest absolute Gasteiger partial charge is 0.303 e. The van der Waals surface area contributed by atoms with Gasteiger partial charge in [0.25, 0.3) is 0 Å². The summed E-state index contributed by atoms with van der Waals surface area (Å²) in [6.45, 7) is 4.53. The second-order valence-corrected chi connectivity index (χ2v) is 9.54. The maximum Gasteiger partial charge on any atom is 0.303 e. The number of carboxylic acid groups (broad SMARTS) is 1. The Kier molecular flexibility index (Phi) is 3.91. The molecule has 0 aromatic carbocycles. The molecule has 0 aromatic rings. The molecule has 4 aliphatic carbocycles. The molecule has 4 aliphatic rings. The molecule has 25 heavy (non-hydrogen) atoms. The molecule has 0 heterocycles. The third-order valence-corrected chi connectivity index (χ3v) is 8.49. The number of fused-ring (bicyclic) bond motifs is 5. The largest absolute Gasteiger partial charge is 0.481 e. The van der Waals surface area contributed by atoms with Gasteiger partial charge < -0.3 is 10.2 Å². The van der Waals surface area contributed by atoms with E-state index in [-0.39, 0.29) is 35.1 Å². The minimum Gasteiger partial charge on any atom is -0.481 e. The SMILES string of the molecule is C[C@]12CC[C@H]3[C@@H](CCC4=CC(=O)CC[C@@]43C)[C@@H]1C(CC(=O)O)C[C@@H]2O. The molecule has 0 spiro atoms. The Balaban J connectivity index is 1.69. The van der Waals surface area contributed by atoms with E-state index in [0.29, 0.717) is 30.6 Å². The summed E-state index contributed by atoms with van der Waals surface area (Å²) in [7, 11) is 0. The van der Waals surface area contributed by atoms with E-state index < -0.39 is 5.97 Å². The molecule has 0 radical (unpaired) electrons. The van der Waals surface area contributed by atoms with E-state index in [1.165, 1.54) is 5.57 Å². The number of carbonyl (C=O) groups excluding carboxylic acids is 1. The number of allylic oxidation sites excluding steroid dienone is 1. The van der Waals surface area contributed by atoms with Crippen LogP contribution in [0.1, 0.15) is 65.2 Å². The van der Waals surface area contributed by atoms with Crippen LogP contribution in [0.25, 0.3) is 0 Å².